The van der Waals surface area contributed by atoms with E-state index in [-0.39, 0.29) is 5.91 Å². The third kappa shape index (κ3) is 3.80. The average molecular weight is 216 g/mol. The van der Waals surface area contributed by atoms with Crippen molar-refractivity contribution < 1.29 is 9.53 Å². The summed E-state index contributed by atoms with van der Waals surface area (Å²) in [4.78, 5) is 13.9. The Morgan fingerprint density at radius 2 is 2.07 bits per heavy atom. The lowest BCUT2D eigenvalue weighted by molar-refractivity contribution is -0.153. The number of carbonyl (C=O) groups excluding carboxylic acids is 1. The molecule has 0 aromatic carbocycles. The number of hydrogen-bond donors (Lipinski definition) is 1. The highest BCUT2D eigenvalue weighted by atomic mass is 16.5. The van der Waals surface area contributed by atoms with Gasteiger partial charge in [0, 0.05) is 20.2 Å². The fourth-order valence-corrected chi connectivity index (χ4v) is 1.40. The molecule has 1 unspecified atom stereocenters. The zero-order valence-corrected chi connectivity index (χ0v) is 10.4. The van der Waals surface area contributed by atoms with Crippen molar-refractivity contribution in [1.29, 1.82) is 0 Å². The molecule has 0 fully saturated rings. The monoisotopic (exact) mass is 216 g/mol. The fraction of sp³-hybridized carbons (Fsp3) is 0.909. The maximum atomic E-state index is 12.1. The standard InChI is InChI=1S/C11H24N2O2/c1-5-11(3,15-4)10(14)13(6-2)9-7-8-12/h5-9,12H2,1-4H3. The molecular formula is C11H24N2O2. The van der Waals surface area contributed by atoms with Gasteiger partial charge >= 0.3 is 0 Å². The SMILES string of the molecule is CCN(CCCN)C(=O)C(C)(CC)OC. The van der Waals surface area contributed by atoms with Crippen LogP contribution in [0.2, 0.25) is 0 Å². The molecule has 0 aromatic heterocycles. The summed E-state index contributed by atoms with van der Waals surface area (Å²) >= 11 is 0. The van der Waals surface area contributed by atoms with Crippen LogP contribution in [-0.2, 0) is 9.53 Å². The topological polar surface area (TPSA) is 55.6 Å². The first-order chi connectivity index (χ1) is 7.05. The van der Waals surface area contributed by atoms with Gasteiger partial charge in [-0.05, 0) is 33.2 Å². The van der Waals surface area contributed by atoms with E-state index in [4.69, 9.17) is 10.5 Å². The van der Waals surface area contributed by atoms with Crippen molar-refractivity contribution >= 4 is 5.91 Å². The lowest BCUT2D eigenvalue weighted by Gasteiger charge is -2.32. The second-order valence-corrected chi connectivity index (χ2v) is 3.82. The summed E-state index contributed by atoms with van der Waals surface area (Å²) in [6.45, 7) is 7.79. The molecule has 0 spiro atoms. The highest BCUT2D eigenvalue weighted by Gasteiger charge is 2.34. The first-order valence-electron chi connectivity index (χ1n) is 5.60. The normalized spacial score (nSPS) is 14.7. The summed E-state index contributed by atoms with van der Waals surface area (Å²) in [5.74, 6) is 0.0588. The largest absolute Gasteiger partial charge is 0.369 e. The minimum absolute atomic E-state index is 0.0588. The van der Waals surface area contributed by atoms with Crippen molar-refractivity contribution in [3.8, 4) is 0 Å². The van der Waals surface area contributed by atoms with Gasteiger partial charge in [0.25, 0.3) is 5.91 Å². The Morgan fingerprint density at radius 3 is 2.40 bits per heavy atom. The van der Waals surface area contributed by atoms with E-state index in [1.165, 1.54) is 0 Å². The first kappa shape index (κ1) is 14.4. The van der Waals surface area contributed by atoms with Crippen molar-refractivity contribution in [3.05, 3.63) is 0 Å². The van der Waals surface area contributed by atoms with E-state index in [2.05, 4.69) is 0 Å². The molecule has 1 amide bonds. The second kappa shape index (κ2) is 6.80. The molecule has 0 saturated heterocycles. The predicted octanol–water partition coefficient (Wildman–Crippen LogP) is 0.999. The van der Waals surface area contributed by atoms with Crippen molar-refractivity contribution in [2.75, 3.05) is 26.7 Å². The van der Waals surface area contributed by atoms with E-state index < -0.39 is 5.60 Å². The average Bonchev–Trinajstić information content (AvgIpc) is 2.28. The maximum absolute atomic E-state index is 12.1. The Morgan fingerprint density at radius 1 is 1.47 bits per heavy atom. The molecule has 0 aliphatic carbocycles. The summed E-state index contributed by atoms with van der Waals surface area (Å²) in [5.41, 5.74) is 4.75. The van der Waals surface area contributed by atoms with Gasteiger partial charge in [-0.2, -0.15) is 0 Å². The van der Waals surface area contributed by atoms with Gasteiger partial charge in [-0.3, -0.25) is 4.79 Å². The van der Waals surface area contributed by atoms with E-state index in [1.54, 1.807) is 12.0 Å². The molecule has 4 heteroatoms. The number of likely N-dealkylation sites (N-methyl/N-ethyl adjacent to an activating group) is 1. The van der Waals surface area contributed by atoms with Crippen LogP contribution in [0.5, 0.6) is 0 Å². The summed E-state index contributed by atoms with van der Waals surface area (Å²) in [6, 6.07) is 0. The van der Waals surface area contributed by atoms with E-state index in [9.17, 15) is 4.79 Å². The predicted molar refractivity (Wildman–Crippen MR) is 61.6 cm³/mol. The van der Waals surface area contributed by atoms with Crippen LogP contribution in [0.4, 0.5) is 0 Å². The Labute approximate surface area is 92.8 Å². The number of hydrogen-bond acceptors (Lipinski definition) is 3. The number of ether oxygens (including phenoxy) is 1. The molecule has 4 nitrogen and oxygen atoms in total. The summed E-state index contributed by atoms with van der Waals surface area (Å²) < 4.78 is 5.29. The molecule has 0 heterocycles. The number of rotatable bonds is 7. The van der Waals surface area contributed by atoms with Crippen LogP contribution in [0.15, 0.2) is 0 Å². The molecule has 1 atom stereocenters. The number of nitrogens with zero attached hydrogens (tertiary/aromatic N) is 1. The van der Waals surface area contributed by atoms with Gasteiger partial charge in [-0.15, -0.1) is 0 Å². The van der Waals surface area contributed by atoms with Gasteiger partial charge < -0.3 is 15.4 Å². The molecule has 0 bridgehead atoms. The van der Waals surface area contributed by atoms with Crippen LogP contribution in [0.3, 0.4) is 0 Å². The molecule has 15 heavy (non-hydrogen) atoms. The first-order valence-corrected chi connectivity index (χ1v) is 5.60. The molecular weight excluding hydrogens is 192 g/mol. The Bertz CT molecular complexity index is 191. The Balaban J connectivity index is 4.48. The molecule has 0 rings (SSSR count). The summed E-state index contributed by atoms with van der Waals surface area (Å²) in [7, 11) is 1.58. The zero-order chi connectivity index (χ0) is 11.9. The Hall–Kier alpha value is -0.610. The van der Waals surface area contributed by atoms with Gasteiger partial charge in [0.05, 0.1) is 0 Å². The highest BCUT2D eigenvalue weighted by Crippen LogP contribution is 2.17. The van der Waals surface area contributed by atoms with Crippen LogP contribution in [0.1, 0.15) is 33.6 Å². The number of amides is 1. The van der Waals surface area contributed by atoms with Gasteiger partial charge in [-0.1, -0.05) is 6.92 Å². The van der Waals surface area contributed by atoms with Crippen LogP contribution in [0, 0.1) is 0 Å². The molecule has 2 N–H and O–H groups in total. The molecule has 0 aromatic rings. The van der Waals surface area contributed by atoms with Gasteiger partial charge in [0.1, 0.15) is 5.60 Å². The molecule has 90 valence electrons. The smallest absolute Gasteiger partial charge is 0.254 e. The lowest BCUT2D eigenvalue weighted by atomic mass is 10.0. The van der Waals surface area contributed by atoms with E-state index in [0.29, 0.717) is 26.1 Å². The zero-order valence-electron chi connectivity index (χ0n) is 10.4. The minimum Gasteiger partial charge on any atom is -0.369 e. The number of carbonyl (C=O) groups is 1. The van der Waals surface area contributed by atoms with Crippen LogP contribution >= 0.6 is 0 Å². The molecule has 0 aliphatic heterocycles. The molecule has 0 radical (unpaired) electrons. The maximum Gasteiger partial charge on any atom is 0.254 e. The van der Waals surface area contributed by atoms with Gasteiger partial charge in [0.2, 0.25) is 0 Å². The third-order valence-electron chi connectivity index (χ3n) is 2.88. The summed E-state index contributed by atoms with van der Waals surface area (Å²) in [5, 5.41) is 0. The van der Waals surface area contributed by atoms with E-state index in [1.807, 2.05) is 20.8 Å². The Kier molecular flexibility index (Phi) is 6.52. The second-order valence-electron chi connectivity index (χ2n) is 3.82. The van der Waals surface area contributed by atoms with Gasteiger partial charge in [0.15, 0.2) is 0 Å². The minimum atomic E-state index is -0.690. The van der Waals surface area contributed by atoms with E-state index in [0.717, 1.165) is 6.42 Å². The number of nitrogens with two attached hydrogens (primary N) is 1. The summed E-state index contributed by atoms with van der Waals surface area (Å²) in [6.07, 6.45) is 1.52. The highest BCUT2D eigenvalue weighted by molar-refractivity contribution is 5.84. The van der Waals surface area contributed by atoms with Crippen molar-refractivity contribution in [2.45, 2.75) is 39.2 Å². The lowest BCUT2D eigenvalue weighted by Crippen LogP contribution is -2.48. The number of methoxy groups -OCH3 is 1. The van der Waals surface area contributed by atoms with Crippen LogP contribution in [-0.4, -0.2) is 43.2 Å². The fourth-order valence-electron chi connectivity index (χ4n) is 1.40. The van der Waals surface area contributed by atoms with E-state index >= 15 is 0 Å². The van der Waals surface area contributed by atoms with Gasteiger partial charge in [-0.25, -0.2) is 0 Å². The quantitative estimate of drug-likeness (QED) is 0.690. The van der Waals surface area contributed by atoms with Crippen LogP contribution in [0.25, 0.3) is 0 Å². The van der Waals surface area contributed by atoms with Crippen molar-refractivity contribution in [3.63, 3.8) is 0 Å². The van der Waals surface area contributed by atoms with Crippen LogP contribution < -0.4 is 5.73 Å². The third-order valence-corrected chi connectivity index (χ3v) is 2.88. The van der Waals surface area contributed by atoms with Crippen molar-refractivity contribution in [1.82, 2.24) is 4.90 Å². The molecule has 0 aliphatic rings. The van der Waals surface area contributed by atoms with Crippen molar-refractivity contribution in [2.24, 2.45) is 5.73 Å². The molecule has 0 saturated carbocycles.